The van der Waals surface area contributed by atoms with Gasteiger partial charge in [0.2, 0.25) is 15.9 Å². The third kappa shape index (κ3) is 4.49. The molecule has 192 valence electrons. The van der Waals surface area contributed by atoms with E-state index in [1.807, 2.05) is 23.1 Å². The molecule has 6 rings (SSSR count). The highest BCUT2D eigenvalue weighted by Gasteiger charge is 2.47. The lowest BCUT2D eigenvalue weighted by atomic mass is 9.90. The van der Waals surface area contributed by atoms with E-state index >= 15 is 0 Å². The number of hydrogen-bond acceptors (Lipinski definition) is 6. The number of carboxylic acids is 1. The van der Waals surface area contributed by atoms with Crippen LogP contribution in [-0.4, -0.2) is 77.5 Å². The predicted octanol–water partition coefficient (Wildman–Crippen LogP) is 3.14. The molecule has 10 heteroatoms. The average molecular weight is 522 g/mol. The van der Waals surface area contributed by atoms with Gasteiger partial charge in [-0.25, -0.2) is 13.2 Å². The van der Waals surface area contributed by atoms with Crippen molar-refractivity contribution in [2.24, 2.45) is 0 Å². The monoisotopic (exact) mass is 521 g/mol. The van der Waals surface area contributed by atoms with Crippen molar-refractivity contribution in [1.82, 2.24) is 14.2 Å². The molecule has 9 nitrogen and oxygen atoms in total. The minimum absolute atomic E-state index is 0.0375. The molecule has 0 radical (unpaired) electrons. The van der Waals surface area contributed by atoms with Crippen molar-refractivity contribution in [3.05, 3.63) is 60.3 Å². The molecule has 1 N–H and O–H groups in total. The summed E-state index contributed by atoms with van der Waals surface area (Å²) in [5, 5.41) is 9.88. The fraction of sp³-hybridized carbons (Fsp3) is 0.370. The zero-order valence-corrected chi connectivity index (χ0v) is 21.0. The molecule has 3 aliphatic rings. The van der Waals surface area contributed by atoms with E-state index < -0.39 is 21.6 Å². The van der Waals surface area contributed by atoms with Crippen molar-refractivity contribution >= 4 is 32.8 Å². The summed E-state index contributed by atoms with van der Waals surface area (Å²) in [4.78, 5) is 29.8. The van der Waals surface area contributed by atoms with E-state index in [0.29, 0.717) is 44.0 Å². The fourth-order valence-electron chi connectivity index (χ4n) is 5.28. The molecule has 2 aromatic carbocycles. The number of fused-ring (bicyclic) bond motifs is 1. The highest BCUT2D eigenvalue weighted by Crippen LogP contribution is 2.37. The van der Waals surface area contributed by atoms with Crippen molar-refractivity contribution in [1.29, 1.82) is 0 Å². The van der Waals surface area contributed by atoms with Crippen LogP contribution in [0.15, 0.2) is 59.6 Å². The van der Waals surface area contributed by atoms with Crippen LogP contribution in [0, 0.1) is 0 Å². The molecule has 1 saturated carbocycles. The second-order valence-corrected chi connectivity index (χ2v) is 12.0. The van der Waals surface area contributed by atoms with Gasteiger partial charge in [-0.3, -0.25) is 9.78 Å². The van der Waals surface area contributed by atoms with Gasteiger partial charge in [-0.15, -0.1) is 0 Å². The first-order valence-electron chi connectivity index (χ1n) is 12.4. The fourth-order valence-corrected chi connectivity index (χ4v) is 6.73. The molecule has 1 aliphatic carbocycles. The van der Waals surface area contributed by atoms with Crippen LogP contribution < -0.4 is 0 Å². The number of hydrogen-bond donors (Lipinski definition) is 1. The zero-order chi connectivity index (χ0) is 25.8. The normalized spacial score (nSPS) is 20.4. The number of carbonyl (C=O) groups excluding carboxylic acids is 1. The number of carboxylic acid groups (broad SMARTS) is 1. The average Bonchev–Trinajstić information content (AvgIpc) is 3.75. The molecule has 0 atom stereocenters. The lowest BCUT2D eigenvalue weighted by molar-refractivity contribution is -0.170. The summed E-state index contributed by atoms with van der Waals surface area (Å²) in [5.41, 5.74) is 2.02. The van der Waals surface area contributed by atoms with Crippen LogP contribution in [-0.2, 0) is 19.6 Å². The Bertz CT molecular complexity index is 1490. The van der Waals surface area contributed by atoms with Crippen LogP contribution >= 0.6 is 0 Å². The first kappa shape index (κ1) is 24.0. The van der Waals surface area contributed by atoms with Gasteiger partial charge in [0.25, 0.3) is 0 Å². The Morgan fingerprint density at radius 2 is 1.73 bits per heavy atom. The summed E-state index contributed by atoms with van der Waals surface area (Å²) in [6.45, 7) is 1.34. The summed E-state index contributed by atoms with van der Waals surface area (Å²) >= 11 is 0. The number of aromatic nitrogens is 1. The van der Waals surface area contributed by atoms with Crippen molar-refractivity contribution in [3.8, 4) is 11.1 Å². The summed E-state index contributed by atoms with van der Waals surface area (Å²) in [6, 6.07) is 14.2. The topological polar surface area (TPSA) is 117 Å². The lowest BCUT2D eigenvalue weighted by Gasteiger charge is -2.46. The van der Waals surface area contributed by atoms with Gasteiger partial charge in [-0.2, -0.15) is 4.31 Å². The summed E-state index contributed by atoms with van der Waals surface area (Å²) in [7, 11) is -3.66. The van der Waals surface area contributed by atoms with Crippen LogP contribution in [0.4, 0.5) is 0 Å². The molecular weight excluding hydrogens is 494 g/mol. The van der Waals surface area contributed by atoms with Crippen molar-refractivity contribution < 1.29 is 27.9 Å². The van der Waals surface area contributed by atoms with Crippen molar-refractivity contribution in [2.45, 2.75) is 42.2 Å². The zero-order valence-electron chi connectivity index (χ0n) is 20.2. The van der Waals surface area contributed by atoms with E-state index in [0.717, 1.165) is 29.4 Å². The molecule has 3 aromatic rings. The predicted molar refractivity (Wildman–Crippen MR) is 136 cm³/mol. The van der Waals surface area contributed by atoms with E-state index in [9.17, 15) is 18.0 Å². The highest BCUT2D eigenvalue weighted by molar-refractivity contribution is 7.89. The maximum absolute atomic E-state index is 13.4. The van der Waals surface area contributed by atoms with E-state index in [2.05, 4.69) is 4.98 Å². The minimum Gasteiger partial charge on any atom is -0.478 e. The van der Waals surface area contributed by atoms with Crippen molar-refractivity contribution in [3.63, 3.8) is 0 Å². The molecule has 3 heterocycles. The SMILES string of the molecule is O=C(O)c1cnc2cc(-c3ccc(S(=O)(=O)N4CCC5(CC4)CN(C4CC4)C(=O)CO5)cc3)ccc2c1. The van der Waals surface area contributed by atoms with Gasteiger partial charge in [-0.05, 0) is 61.1 Å². The molecule has 3 fully saturated rings. The number of ether oxygens (including phenoxy) is 1. The maximum atomic E-state index is 13.4. The number of amides is 1. The number of sulfonamides is 1. The molecule has 1 spiro atoms. The highest BCUT2D eigenvalue weighted by atomic mass is 32.2. The second-order valence-electron chi connectivity index (χ2n) is 10.1. The van der Waals surface area contributed by atoms with Crippen LogP contribution in [0.1, 0.15) is 36.0 Å². The number of morpholine rings is 1. The minimum atomic E-state index is -3.66. The Hall–Kier alpha value is -3.34. The Morgan fingerprint density at radius 3 is 2.41 bits per heavy atom. The van der Waals surface area contributed by atoms with Crippen LogP contribution in [0.3, 0.4) is 0 Å². The standard InChI is InChI=1S/C27H27N3O6S/c31-25-16-36-27(17-30(25)22-5-6-22)9-11-29(12-10-27)37(34,35)23-7-3-18(4-8-23)19-1-2-20-13-21(26(32)33)15-28-24(20)14-19/h1-4,7-8,13-15,22H,5-6,9-12,16-17H2,(H,32,33). The number of rotatable bonds is 5. The van der Waals surface area contributed by atoms with Gasteiger partial charge >= 0.3 is 5.97 Å². The number of aromatic carboxylic acids is 1. The summed E-state index contributed by atoms with van der Waals surface area (Å²) in [5.74, 6) is -0.990. The Labute approximate surface area is 214 Å². The smallest absolute Gasteiger partial charge is 0.337 e. The van der Waals surface area contributed by atoms with Crippen molar-refractivity contribution in [2.75, 3.05) is 26.2 Å². The van der Waals surface area contributed by atoms with Gasteiger partial charge in [0.15, 0.2) is 0 Å². The molecular formula is C27H27N3O6S. The molecule has 1 aromatic heterocycles. The number of carbonyl (C=O) groups is 2. The molecule has 2 aliphatic heterocycles. The number of pyridine rings is 1. The van der Waals surface area contributed by atoms with Gasteiger partial charge in [0.05, 0.1) is 28.1 Å². The third-order valence-corrected chi connectivity index (χ3v) is 9.57. The van der Waals surface area contributed by atoms with E-state index in [-0.39, 0.29) is 23.0 Å². The Kier molecular flexibility index (Phi) is 5.78. The van der Waals surface area contributed by atoms with Gasteiger partial charge in [0.1, 0.15) is 6.61 Å². The van der Waals surface area contributed by atoms with Crippen LogP contribution in [0.25, 0.3) is 22.0 Å². The number of piperidine rings is 1. The van der Waals surface area contributed by atoms with E-state index in [4.69, 9.17) is 9.84 Å². The first-order valence-corrected chi connectivity index (χ1v) is 13.9. The Morgan fingerprint density at radius 1 is 1.03 bits per heavy atom. The molecule has 0 bridgehead atoms. The molecule has 1 amide bonds. The Balaban J connectivity index is 1.16. The first-order chi connectivity index (χ1) is 17.7. The largest absolute Gasteiger partial charge is 0.478 e. The number of nitrogens with zero attached hydrogens (tertiary/aromatic N) is 3. The second kappa shape index (κ2) is 8.90. The summed E-state index contributed by atoms with van der Waals surface area (Å²) < 4.78 is 34.2. The third-order valence-electron chi connectivity index (χ3n) is 7.66. The quantitative estimate of drug-likeness (QED) is 0.548. The van der Waals surface area contributed by atoms with Gasteiger partial charge < -0.3 is 14.7 Å². The lowest BCUT2D eigenvalue weighted by Crippen LogP contribution is -2.59. The van der Waals surface area contributed by atoms with Gasteiger partial charge in [0, 0.05) is 30.7 Å². The van der Waals surface area contributed by atoms with E-state index in [1.54, 1.807) is 30.3 Å². The van der Waals surface area contributed by atoms with Crippen LogP contribution in [0.5, 0.6) is 0 Å². The molecule has 0 unspecified atom stereocenters. The van der Waals surface area contributed by atoms with E-state index in [1.165, 1.54) is 10.5 Å². The summed E-state index contributed by atoms with van der Waals surface area (Å²) in [6.07, 6.45) is 4.54. The maximum Gasteiger partial charge on any atom is 0.337 e. The molecule has 2 saturated heterocycles. The number of benzene rings is 2. The van der Waals surface area contributed by atoms with Crippen LogP contribution in [0.2, 0.25) is 0 Å². The van der Waals surface area contributed by atoms with Gasteiger partial charge in [-0.1, -0.05) is 24.3 Å². The molecule has 37 heavy (non-hydrogen) atoms.